The molecule has 1 aromatic rings. The molecule has 79 valence electrons. The van der Waals surface area contributed by atoms with Crippen LogP contribution in [-0.4, -0.2) is 28.2 Å². The molecule has 1 aliphatic rings. The number of hydrogen-bond donors (Lipinski definition) is 1. The first-order valence-corrected chi connectivity index (χ1v) is 4.91. The predicted octanol–water partition coefficient (Wildman–Crippen LogP) is 0.650. The molecule has 2 rings (SSSR count). The summed E-state index contributed by atoms with van der Waals surface area (Å²) in [7, 11) is 0. The Bertz CT molecular complexity index is 337. The van der Waals surface area contributed by atoms with Crippen molar-refractivity contribution in [3.8, 4) is 0 Å². The van der Waals surface area contributed by atoms with E-state index in [0.717, 1.165) is 12.1 Å². The number of nitrogens with zero attached hydrogens (tertiary/aromatic N) is 4. The monoisotopic (exact) mass is 204 g/mol. The first kappa shape index (κ1) is 9.95. The summed E-state index contributed by atoms with van der Waals surface area (Å²) in [6, 6.07) is 10.1. The minimum Gasteiger partial charge on any atom is -0.252 e. The minimum atomic E-state index is 0.654. The van der Waals surface area contributed by atoms with E-state index in [2.05, 4.69) is 11.4 Å². The largest absolute Gasteiger partial charge is 0.252 e. The van der Waals surface area contributed by atoms with Gasteiger partial charge in [0.1, 0.15) is 0 Å². The van der Waals surface area contributed by atoms with E-state index in [9.17, 15) is 0 Å². The van der Waals surface area contributed by atoms with Gasteiger partial charge in [0.15, 0.2) is 0 Å². The molecule has 1 aliphatic heterocycles. The number of hydrogen-bond acceptors (Lipinski definition) is 5. The normalized spacial score (nSPS) is 16.4. The maximum atomic E-state index is 5.81. The van der Waals surface area contributed by atoms with Gasteiger partial charge in [0, 0.05) is 6.54 Å². The van der Waals surface area contributed by atoms with Crippen LogP contribution in [0.5, 0.6) is 0 Å². The average molecular weight is 204 g/mol. The number of hydrazine groups is 3. The van der Waals surface area contributed by atoms with E-state index in [4.69, 9.17) is 5.84 Å². The molecule has 5 nitrogen and oxygen atoms in total. The van der Waals surface area contributed by atoms with Gasteiger partial charge in [-0.3, -0.25) is 5.01 Å². The summed E-state index contributed by atoms with van der Waals surface area (Å²) in [5.41, 5.74) is 1.16. The van der Waals surface area contributed by atoms with Gasteiger partial charge in [0.25, 0.3) is 0 Å². The van der Waals surface area contributed by atoms with Crippen LogP contribution >= 0.6 is 0 Å². The van der Waals surface area contributed by atoms with E-state index in [1.807, 2.05) is 37.3 Å². The zero-order valence-electron chi connectivity index (χ0n) is 8.67. The molecule has 0 saturated heterocycles. The van der Waals surface area contributed by atoms with Gasteiger partial charge in [-0.2, -0.15) is 5.12 Å². The highest BCUT2D eigenvalue weighted by Gasteiger charge is 2.21. The van der Waals surface area contributed by atoms with Gasteiger partial charge in [-0.25, -0.2) is 5.84 Å². The highest BCUT2D eigenvalue weighted by Crippen LogP contribution is 2.10. The lowest BCUT2D eigenvalue weighted by Crippen LogP contribution is -2.49. The molecule has 0 spiro atoms. The van der Waals surface area contributed by atoms with Gasteiger partial charge in [0.2, 0.25) is 6.34 Å². The quantitative estimate of drug-likeness (QED) is 0.734. The van der Waals surface area contributed by atoms with E-state index < -0.39 is 0 Å². The topological polar surface area (TPSA) is 48.1 Å². The van der Waals surface area contributed by atoms with Crippen molar-refractivity contribution in [2.24, 2.45) is 10.9 Å². The fourth-order valence-electron chi connectivity index (χ4n) is 1.39. The third-order valence-corrected chi connectivity index (χ3v) is 2.23. The van der Waals surface area contributed by atoms with E-state index in [1.165, 1.54) is 5.23 Å². The molecular weight excluding hydrogens is 190 g/mol. The second kappa shape index (κ2) is 4.29. The van der Waals surface area contributed by atoms with Crippen LogP contribution in [-0.2, 0) is 6.54 Å². The fourth-order valence-corrected chi connectivity index (χ4v) is 1.39. The summed E-state index contributed by atoms with van der Waals surface area (Å²) in [5.74, 6) is 5.81. The minimum absolute atomic E-state index is 0.654. The van der Waals surface area contributed by atoms with Gasteiger partial charge in [-0.15, -0.1) is 5.10 Å². The predicted molar refractivity (Wildman–Crippen MR) is 57.8 cm³/mol. The van der Waals surface area contributed by atoms with Gasteiger partial charge < -0.3 is 0 Å². The molecule has 0 atom stereocenters. The van der Waals surface area contributed by atoms with Crippen molar-refractivity contribution in [3.05, 3.63) is 35.9 Å². The van der Waals surface area contributed by atoms with E-state index in [-0.39, 0.29) is 0 Å². The molecule has 0 aliphatic carbocycles. The summed E-state index contributed by atoms with van der Waals surface area (Å²) in [6.07, 6.45) is 2.81. The average Bonchev–Trinajstić information content (AvgIpc) is 2.62. The highest BCUT2D eigenvalue weighted by molar-refractivity contribution is 5.54. The Morgan fingerprint density at radius 2 is 2.07 bits per heavy atom. The third-order valence-electron chi connectivity index (χ3n) is 2.23. The van der Waals surface area contributed by atoms with Gasteiger partial charge in [-0.05, 0) is 17.7 Å². The Kier molecular flexibility index (Phi) is 2.84. The second-order valence-corrected chi connectivity index (χ2v) is 3.25. The molecule has 1 heterocycles. The smallest absolute Gasteiger partial charge is 0.213 e. The second-order valence-electron chi connectivity index (χ2n) is 3.25. The molecule has 0 fully saturated rings. The lowest BCUT2D eigenvalue weighted by molar-refractivity contribution is -0.128. The van der Waals surface area contributed by atoms with Crippen LogP contribution in [0.2, 0.25) is 0 Å². The lowest BCUT2D eigenvalue weighted by atomic mass is 10.2. The maximum absolute atomic E-state index is 5.81. The zero-order chi connectivity index (χ0) is 10.7. The molecule has 0 aromatic heterocycles. The van der Waals surface area contributed by atoms with E-state index in [1.54, 1.807) is 10.1 Å². The molecule has 0 unspecified atom stereocenters. The lowest BCUT2D eigenvalue weighted by Gasteiger charge is -2.27. The number of hydrazone groups is 1. The standard InChI is InChI=1S/C10H14N5/c1-2-13-9-12-14(15(13)11)8-10-6-4-3-5-7-10/h3-7H,2,8,11H2,1H3. The van der Waals surface area contributed by atoms with Crippen LogP contribution in [0, 0.1) is 0 Å². The van der Waals surface area contributed by atoms with Crippen LogP contribution in [0.15, 0.2) is 35.4 Å². The molecule has 0 bridgehead atoms. The highest BCUT2D eigenvalue weighted by atomic mass is 16.1. The molecule has 2 N–H and O–H groups in total. The van der Waals surface area contributed by atoms with Crippen LogP contribution in [0.3, 0.4) is 0 Å². The summed E-state index contributed by atoms with van der Waals surface area (Å²) < 4.78 is 0. The molecule has 15 heavy (non-hydrogen) atoms. The molecule has 1 radical (unpaired) electrons. The molecule has 5 heteroatoms. The van der Waals surface area contributed by atoms with Crippen LogP contribution in [0.4, 0.5) is 0 Å². The number of nitrogens with two attached hydrogens (primary N) is 1. The Labute approximate surface area is 89.3 Å². The van der Waals surface area contributed by atoms with E-state index >= 15 is 0 Å². The van der Waals surface area contributed by atoms with Crippen LogP contribution in [0.25, 0.3) is 0 Å². The summed E-state index contributed by atoms with van der Waals surface area (Å²) in [6.45, 7) is 3.40. The molecular formula is C10H14N5. The summed E-state index contributed by atoms with van der Waals surface area (Å²) >= 11 is 0. The van der Waals surface area contributed by atoms with Crippen LogP contribution < -0.4 is 5.84 Å². The van der Waals surface area contributed by atoms with Crippen molar-refractivity contribution in [2.75, 3.05) is 6.54 Å². The van der Waals surface area contributed by atoms with Crippen molar-refractivity contribution in [2.45, 2.75) is 13.5 Å². The van der Waals surface area contributed by atoms with Crippen molar-refractivity contribution in [3.63, 3.8) is 0 Å². The maximum Gasteiger partial charge on any atom is 0.213 e. The Hall–Kier alpha value is -1.59. The number of benzene rings is 1. The SMILES string of the molecule is CCN1[C]=NN(Cc2ccccc2)N1N. The van der Waals surface area contributed by atoms with Crippen molar-refractivity contribution in [1.29, 1.82) is 0 Å². The van der Waals surface area contributed by atoms with Gasteiger partial charge in [-0.1, -0.05) is 30.3 Å². The summed E-state index contributed by atoms with van der Waals surface area (Å²) in [5, 5.41) is 8.92. The molecule has 0 saturated carbocycles. The molecule has 0 amide bonds. The Balaban J connectivity index is 2.00. The summed E-state index contributed by atoms with van der Waals surface area (Å²) in [4.78, 5) is 0. The Morgan fingerprint density at radius 3 is 2.67 bits per heavy atom. The first-order chi connectivity index (χ1) is 7.31. The first-order valence-electron chi connectivity index (χ1n) is 4.91. The fraction of sp³-hybridized carbons (Fsp3) is 0.300. The third kappa shape index (κ3) is 2.08. The van der Waals surface area contributed by atoms with E-state index in [0.29, 0.717) is 6.54 Å². The van der Waals surface area contributed by atoms with Crippen LogP contribution in [0.1, 0.15) is 12.5 Å². The number of rotatable bonds is 3. The molecule has 1 aromatic carbocycles. The Morgan fingerprint density at radius 1 is 1.33 bits per heavy atom. The van der Waals surface area contributed by atoms with Crippen molar-refractivity contribution < 1.29 is 0 Å². The van der Waals surface area contributed by atoms with Crippen molar-refractivity contribution >= 4 is 6.34 Å². The van der Waals surface area contributed by atoms with Gasteiger partial charge in [0.05, 0.1) is 6.54 Å². The van der Waals surface area contributed by atoms with Crippen molar-refractivity contribution in [1.82, 2.24) is 15.4 Å². The van der Waals surface area contributed by atoms with Gasteiger partial charge >= 0.3 is 0 Å². The zero-order valence-corrected chi connectivity index (χ0v) is 8.67.